The normalized spacial score (nSPS) is 19.6. The van der Waals surface area contributed by atoms with Crippen LogP contribution in [0.1, 0.15) is 12.3 Å². The van der Waals surface area contributed by atoms with Gasteiger partial charge in [-0.2, -0.15) is 4.98 Å². The molecule has 106 valence electrons. The second-order valence-electron chi connectivity index (χ2n) is 5.09. The Hall–Kier alpha value is -1.79. The molecule has 1 unspecified atom stereocenters. The Balaban J connectivity index is 1.66. The summed E-state index contributed by atoms with van der Waals surface area (Å²) in [6.45, 7) is 2.59. The van der Waals surface area contributed by atoms with Crippen LogP contribution < -0.4 is 0 Å². The minimum absolute atomic E-state index is 0.223. The van der Waals surface area contributed by atoms with E-state index in [0.29, 0.717) is 24.2 Å². The molecule has 0 saturated carbocycles. The zero-order chi connectivity index (χ0) is 13.9. The number of rotatable bonds is 4. The first-order valence-corrected chi connectivity index (χ1v) is 6.66. The molecular weight excluding hydrogens is 261 g/mol. The fraction of sp³-hybridized carbons (Fsp3) is 0.429. The van der Waals surface area contributed by atoms with Gasteiger partial charge in [0, 0.05) is 18.7 Å². The van der Waals surface area contributed by atoms with E-state index in [1.165, 1.54) is 12.1 Å². The first kappa shape index (κ1) is 13.2. The second kappa shape index (κ2) is 5.68. The molecule has 0 aliphatic carbocycles. The number of benzene rings is 1. The maximum absolute atomic E-state index is 12.9. The monoisotopic (exact) mass is 277 g/mol. The highest BCUT2D eigenvalue weighted by Gasteiger charge is 2.23. The Kier molecular flexibility index (Phi) is 3.75. The third kappa shape index (κ3) is 2.86. The van der Waals surface area contributed by atoms with Crippen LogP contribution in [-0.4, -0.2) is 39.8 Å². The predicted octanol–water partition coefficient (Wildman–Crippen LogP) is 1.69. The number of aliphatic hydroxyl groups excluding tert-OH is 1. The van der Waals surface area contributed by atoms with Crippen molar-refractivity contribution in [1.29, 1.82) is 0 Å². The maximum atomic E-state index is 12.9. The van der Waals surface area contributed by atoms with E-state index in [-0.39, 0.29) is 12.4 Å². The highest BCUT2D eigenvalue weighted by molar-refractivity contribution is 5.53. The lowest BCUT2D eigenvalue weighted by Crippen LogP contribution is -2.21. The minimum atomic E-state index is -0.287. The van der Waals surface area contributed by atoms with E-state index in [0.717, 1.165) is 25.1 Å². The van der Waals surface area contributed by atoms with Gasteiger partial charge in [-0.1, -0.05) is 5.16 Å². The van der Waals surface area contributed by atoms with Gasteiger partial charge in [0.05, 0.1) is 6.54 Å². The Morgan fingerprint density at radius 1 is 1.35 bits per heavy atom. The number of hydrogen-bond acceptors (Lipinski definition) is 5. The zero-order valence-corrected chi connectivity index (χ0v) is 11.0. The Bertz CT molecular complexity index is 570. The number of halogens is 1. The maximum Gasteiger partial charge on any atom is 0.241 e. The lowest BCUT2D eigenvalue weighted by atomic mass is 10.1. The summed E-state index contributed by atoms with van der Waals surface area (Å²) in [5.74, 6) is 1.07. The van der Waals surface area contributed by atoms with Gasteiger partial charge in [-0.15, -0.1) is 0 Å². The van der Waals surface area contributed by atoms with Crippen LogP contribution in [0.15, 0.2) is 28.8 Å². The highest BCUT2D eigenvalue weighted by atomic mass is 19.1. The summed E-state index contributed by atoms with van der Waals surface area (Å²) in [7, 11) is 0. The van der Waals surface area contributed by atoms with Crippen LogP contribution in [-0.2, 0) is 6.54 Å². The number of hydrogen-bond donors (Lipinski definition) is 1. The van der Waals surface area contributed by atoms with Crippen LogP contribution in [0.5, 0.6) is 0 Å². The van der Waals surface area contributed by atoms with Gasteiger partial charge in [0.2, 0.25) is 11.7 Å². The van der Waals surface area contributed by atoms with Gasteiger partial charge in [0.1, 0.15) is 5.82 Å². The molecule has 6 heteroatoms. The van der Waals surface area contributed by atoms with Crippen LogP contribution in [0.4, 0.5) is 4.39 Å². The molecule has 1 aliphatic rings. The molecule has 1 saturated heterocycles. The number of aliphatic hydroxyl groups is 1. The summed E-state index contributed by atoms with van der Waals surface area (Å²) in [5, 5.41) is 13.0. The number of aromatic nitrogens is 2. The summed E-state index contributed by atoms with van der Waals surface area (Å²) >= 11 is 0. The van der Waals surface area contributed by atoms with Gasteiger partial charge in [0.15, 0.2) is 0 Å². The lowest BCUT2D eigenvalue weighted by molar-refractivity contribution is 0.211. The molecule has 1 atom stereocenters. The molecule has 3 rings (SSSR count). The summed E-state index contributed by atoms with van der Waals surface area (Å²) in [6.07, 6.45) is 0.995. The molecule has 5 nitrogen and oxygen atoms in total. The summed E-state index contributed by atoms with van der Waals surface area (Å²) in [6, 6.07) is 6.00. The van der Waals surface area contributed by atoms with Crippen molar-refractivity contribution >= 4 is 0 Å². The van der Waals surface area contributed by atoms with Crippen LogP contribution in [0, 0.1) is 11.7 Å². The van der Waals surface area contributed by atoms with Gasteiger partial charge < -0.3 is 9.63 Å². The van der Waals surface area contributed by atoms with Gasteiger partial charge in [-0.05, 0) is 43.1 Å². The van der Waals surface area contributed by atoms with Crippen LogP contribution in [0.3, 0.4) is 0 Å². The SMILES string of the molecule is OCC1CCN(Cc2nc(-c3ccc(F)cc3)no2)C1. The van der Waals surface area contributed by atoms with Crippen molar-refractivity contribution in [1.82, 2.24) is 15.0 Å². The van der Waals surface area contributed by atoms with Crippen molar-refractivity contribution in [3.8, 4) is 11.4 Å². The average Bonchev–Trinajstić information content (AvgIpc) is 3.09. The Morgan fingerprint density at radius 2 is 2.15 bits per heavy atom. The quantitative estimate of drug-likeness (QED) is 0.921. The number of likely N-dealkylation sites (tertiary alicyclic amines) is 1. The molecule has 1 aromatic heterocycles. The van der Waals surface area contributed by atoms with E-state index in [4.69, 9.17) is 9.63 Å². The van der Waals surface area contributed by atoms with Crippen molar-refractivity contribution in [2.24, 2.45) is 5.92 Å². The number of nitrogens with zero attached hydrogens (tertiary/aromatic N) is 3. The molecule has 0 spiro atoms. The Morgan fingerprint density at radius 3 is 2.85 bits per heavy atom. The van der Waals surface area contributed by atoms with E-state index in [2.05, 4.69) is 15.0 Å². The summed E-state index contributed by atoms with van der Waals surface area (Å²) in [4.78, 5) is 6.50. The summed E-state index contributed by atoms with van der Waals surface area (Å²) in [5.41, 5.74) is 0.732. The second-order valence-corrected chi connectivity index (χ2v) is 5.09. The molecular formula is C14H16FN3O2. The molecule has 1 fully saturated rings. The molecule has 2 aromatic rings. The third-order valence-electron chi connectivity index (χ3n) is 3.56. The lowest BCUT2D eigenvalue weighted by Gasteiger charge is -2.11. The van der Waals surface area contributed by atoms with Crippen LogP contribution >= 0.6 is 0 Å². The Labute approximate surface area is 116 Å². The molecule has 0 amide bonds. The van der Waals surface area contributed by atoms with Crippen LogP contribution in [0.25, 0.3) is 11.4 Å². The topological polar surface area (TPSA) is 62.4 Å². The van der Waals surface area contributed by atoms with Gasteiger partial charge in [-0.3, -0.25) is 4.90 Å². The molecule has 1 aromatic carbocycles. The van der Waals surface area contributed by atoms with Crippen molar-refractivity contribution in [2.45, 2.75) is 13.0 Å². The van der Waals surface area contributed by atoms with Crippen molar-refractivity contribution < 1.29 is 14.0 Å². The molecule has 0 bridgehead atoms. The summed E-state index contributed by atoms with van der Waals surface area (Å²) < 4.78 is 18.1. The third-order valence-corrected chi connectivity index (χ3v) is 3.56. The molecule has 1 aliphatic heterocycles. The van der Waals surface area contributed by atoms with Crippen molar-refractivity contribution in [3.63, 3.8) is 0 Å². The van der Waals surface area contributed by atoms with E-state index in [1.807, 2.05) is 0 Å². The fourth-order valence-electron chi connectivity index (χ4n) is 2.43. The van der Waals surface area contributed by atoms with E-state index < -0.39 is 0 Å². The first-order valence-electron chi connectivity index (χ1n) is 6.66. The largest absolute Gasteiger partial charge is 0.396 e. The van der Waals surface area contributed by atoms with E-state index >= 15 is 0 Å². The molecule has 20 heavy (non-hydrogen) atoms. The standard InChI is InChI=1S/C14H16FN3O2/c15-12-3-1-11(2-4-12)14-16-13(20-17-14)8-18-6-5-10(7-18)9-19/h1-4,10,19H,5-9H2. The smallest absolute Gasteiger partial charge is 0.241 e. The van der Waals surface area contributed by atoms with Gasteiger partial charge in [0.25, 0.3) is 0 Å². The van der Waals surface area contributed by atoms with Crippen molar-refractivity contribution in [3.05, 3.63) is 36.0 Å². The van der Waals surface area contributed by atoms with Crippen LogP contribution in [0.2, 0.25) is 0 Å². The van der Waals surface area contributed by atoms with E-state index in [1.54, 1.807) is 12.1 Å². The van der Waals surface area contributed by atoms with E-state index in [9.17, 15) is 4.39 Å². The molecule has 2 heterocycles. The van der Waals surface area contributed by atoms with Gasteiger partial charge in [-0.25, -0.2) is 4.39 Å². The van der Waals surface area contributed by atoms with Crippen molar-refractivity contribution in [2.75, 3.05) is 19.7 Å². The van der Waals surface area contributed by atoms with Gasteiger partial charge >= 0.3 is 0 Å². The molecule has 0 radical (unpaired) electrons. The average molecular weight is 277 g/mol. The minimum Gasteiger partial charge on any atom is -0.396 e. The fourth-order valence-corrected chi connectivity index (χ4v) is 2.43. The first-order chi connectivity index (χ1) is 9.74. The predicted molar refractivity (Wildman–Crippen MR) is 70.2 cm³/mol. The zero-order valence-electron chi connectivity index (χ0n) is 11.0. The highest BCUT2D eigenvalue weighted by Crippen LogP contribution is 2.20. The molecule has 1 N–H and O–H groups in total.